The molecule has 0 radical (unpaired) electrons. The summed E-state index contributed by atoms with van der Waals surface area (Å²) in [6.45, 7) is 4.95. The minimum Gasteiger partial charge on any atom is -0.481 e. The average Bonchev–Trinajstić information content (AvgIpc) is 2.57. The van der Waals surface area contributed by atoms with E-state index < -0.39 is 0 Å². The molecule has 3 rings (SSSR count). The standard InChI is InChI=1S/C15H19N5O/c1-21-15-3-2-13(10-17-15)11-19-6-8-20(9-7-19)14-4-5-16-12-18-14/h2-5,10,12H,6-9,11H2,1H3. The molecule has 0 amide bonds. The molecule has 0 aliphatic carbocycles. The minimum atomic E-state index is 0.660. The van der Waals surface area contributed by atoms with Crippen LogP contribution < -0.4 is 9.64 Å². The molecule has 6 nitrogen and oxygen atoms in total. The number of methoxy groups -OCH3 is 1. The van der Waals surface area contributed by atoms with Crippen LogP contribution in [0.1, 0.15) is 5.56 Å². The smallest absolute Gasteiger partial charge is 0.212 e. The molecule has 1 fully saturated rings. The van der Waals surface area contributed by atoms with E-state index in [0.29, 0.717) is 5.88 Å². The number of hydrogen-bond acceptors (Lipinski definition) is 6. The van der Waals surface area contributed by atoms with Crippen LogP contribution in [-0.2, 0) is 6.54 Å². The number of nitrogens with zero attached hydrogens (tertiary/aromatic N) is 5. The van der Waals surface area contributed by atoms with Crippen molar-refractivity contribution in [1.82, 2.24) is 19.9 Å². The zero-order valence-electron chi connectivity index (χ0n) is 12.1. The van der Waals surface area contributed by atoms with E-state index in [1.165, 1.54) is 5.56 Å². The van der Waals surface area contributed by atoms with Gasteiger partial charge in [0, 0.05) is 51.2 Å². The predicted molar refractivity (Wildman–Crippen MR) is 80.3 cm³/mol. The minimum absolute atomic E-state index is 0.660. The number of pyridine rings is 1. The molecule has 2 aromatic heterocycles. The summed E-state index contributed by atoms with van der Waals surface area (Å²) in [6, 6.07) is 5.94. The van der Waals surface area contributed by atoms with Gasteiger partial charge in [-0.2, -0.15) is 0 Å². The number of aromatic nitrogens is 3. The lowest BCUT2D eigenvalue weighted by Crippen LogP contribution is -2.46. The molecular weight excluding hydrogens is 266 g/mol. The van der Waals surface area contributed by atoms with Crippen LogP contribution in [0.15, 0.2) is 36.9 Å². The Kier molecular flexibility index (Phi) is 4.25. The van der Waals surface area contributed by atoms with Crippen molar-refractivity contribution in [2.45, 2.75) is 6.54 Å². The number of piperazine rings is 1. The second-order valence-electron chi connectivity index (χ2n) is 5.04. The molecule has 0 unspecified atom stereocenters. The molecule has 0 N–H and O–H groups in total. The first kappa shape index (κ1) is 13.8. The van der Waals surface area contributed by atoms with Gasteiger partial charge in [0.15, 0.2) is 0 Å². The van der Waals surface area contributed by atoms with E-state index in [9.17, 15) is 0 Å². The van der Waals surface area contributed by atoms with Crippen molar-refractivity contribution < 1.29 is 4.74 Å². The van der Waals surface area contributed by atoms with Crippen LogP contribution in [0.4, 0.5) is 5.82 Å². The number of hydrogen-bond donors (Lipinski definition) is 0. The van der Waals surface area contributed by atoms with E-state index >= 15 is 0 Å². The highest BCUT2D eigenvalue weighted by molar-refractivity contribution is 5.37. The van der Waals surface area contributed by atoms with Crippen molar-refractivity contribution in [1.29, 1.82) is 0 Å². The lowest BCUT2D eigenvalue weighted by molar-refractivity contribution is 0.249. The van der Waals surface area contributed by atoms with Crippen LogP contribution >= 0.6 is 0 Å². The van der Waals surface area contributed by atoms with Gasteiger partial charge in [-0.1, -0.05) is 6.07 Å². The van der Waals surface area contributed by atoms with Gasteiger partial charge in [-0.3, -0.25) is 4.90 Å². The van der Waals surface area contributed by atoms with Gasteiger partial charge in [0.1, 0.15) is 12.1 Å². The summed E-state index contributed by atoms with van der Waals surface area (Å²) < 4.78 is 5.08. The van der Waals surface area contributed by atoms with Crippen LogP contribution in [0.25, 0.3) is 0 Å². The lowest BCUT2D eigenvalue weighted by atomic mass is 10.2. The van der Waals surface area contributed by atoms with Gasteiger partial charge in [0.05, 0.1) is 7.11 Å². The fourth-order valence-electron chi connectivity index (χ4n) is 2.49. The monoisotopic (exact) mass is 285 g/mol. The lowest BCUT2D eigenvalue weighted by Gasteiger charge is -2.35. The Bertz CT molecular complexity index is 552. The molecular formula is C15H19N5O. The molecule has 1 saturated heterocycles. The quantitative estimate of drug-likeness (QED) is 0.841. The van der Waals surface area contributed by atoms with E-state index in [2.05, 4.69) is 30.8 Å². The van der Waals surface area contributed by atoms with E-state index in [-0.39, 0.29) is 0 Å². The van der Waals surface area contributed by atoms with E-state index in [1.54, 1.807) is 19.6 Å². The molecule has 6 heteroatoms. The molecule has 0 aromatic carbocycles. The van der Waals surface area contributed by atoms with E-state index in [4.69, 9.17) is 4.74 Å². The van der Waals surface area contributed by atoms with Crippen molar-refractivity contribution in [2.75, 3.05) is 38.2 Å². The molecule has 3 heterocycles. The van der Waals surface area contributed by atoms with Gasteiger partial charge in [0.25, 0.3) is 0 Å². The molecule has 1 aliphatic heterocycles. The first-order valence-electron chi connectivity index (χ1n) is 7.07. The van der Waals surface area contributed by atoms with Crippen LogP contribution in [0, 0.1) is 0 Å². The molecule has 110 valence electrons. The number of rotatable bonds is 4. The highest BCUT2D eigenvalue weighted by atomic mass is 16.5. The van der Waals surface area contributed by atoms with Crippen molar-refractivity contribution in [3.05, 3.63) is 42.5 Å². The summed E-state index contributed by atoms with van der Waals surface area (Å²) in [6.07, 6.45) is 5.28. The highest BCUT2D eigenvalue weighted by Crippen LogP contribution is 2.14. The van der Waals surface area contributed by atoms with Gasteiger partial charge in [0.2, 0.25) is 5.88 Å². The molecule has 0 spiro atoms. The summed E-state index contributed by atoms with van der Waals surface area (Å²) in [5, 5.41) is 0. The summed E-state index contributed by atoms with van der Waals surface area (Å²) in [5.74, 6) is 1.67. The Morgan fingerprint density at radius 2 is 1.95 bits per heavy atom. The van der Waals surface area contributed by atoms with E-state index in [0.717, 1.165) is 38.5 Å². The van der Waals surface area contributed by atoms with Gasteiger partial charge < -0.3 is 9.64 Å². The maximum Gasteiger partial charge on any atom is 0.212 e. The van der Waals surface area contributed by atoms with Gasteiger partial charge >= 0.3 is 0 Å². The van der Waals surface area contributed by atoms with Crippen molar-refractivity contribution in [3.63, 3.8) is 0 Å². The third-order valence-electron chi connectivity index (χ3n) is 3.68. The maximum atomic E-state index is 5.08. The summed E-state index contributed by atoms with van der Waals surface area (Å²) in [7, 11) is 1.63. The number of anilines is 1. The predicted octanol–water partition coefficient (Wildman–Crippen LogP) is 1.20. The summed E-state index contributed by atoms with van der Waals surface area (Å²) >= 11 is 0. The van der Waals surface area contributed by atoms with Crippen LogP contribution in [0.3, 0.4) is 0 Å². The molecule has 0 saturated carbocycles. The third kappa shape index (κ3) is 3.46. The summed E-state index contributed by atoms with van der Waals surface area (Å²) in [5.41, 5.74) is 1.21. The summed E-state index contributed by atoms with van der Waals surface area (Å²) in [4.78, 5) is 17.2. The highest BCUT2D eigenvalue weighted by Gasteiger charge is 2.17. The molecule has 2 aromatic rings. The molecule has 0 bridgehead atoms. The largest absolute Gasteiger partial charge is 0.481 e. The average molecular weight is 285 g/mol. The Morgan fingerprint density at radius 1 is 1.10 bits per heavy atom. The van der Waals surface area contributed by atoms with Gasteiger partial charge in [-0.25, -0.2) is 15.0 Å². The van der Waals surface area contributed by atoms with Crippen LogP contribution in [-0.4, -0.2) is 53.1 Å². The van der Waals surface area contributed by atoms with E-state index in [1.807, 2.05) is 18.3 Å². The second-order valence-corrected chi connectivity index (χ2v) is 5.04. The SMILES string of the molecule is COc1ccc(CN2CCN(c3ccncn3)CC2)cn1. The Hall–Kier alpha value is -2.21. The first-order valence-corrected chi connectivity index (χ1v) is 7.07. The number of ether oxygens (including phenoxy) is 1. The molecule has 21 heavy (non-hydrogen) atoms. The topological polar surface area (TPSA) is 54.4 Å². The zero-order valence-corrected chi connectivity index (χ0v) is 12.1. The zero-order chi connectivity index (χ0) is 14.5. The van der Waals surface area contributed by atoms with Crippen LogP contribution in [0.2, 0.25) is 0 Å². The Labute approximate surface area is 124 Å². The van der Waals surface area contributed by atoms with Gasteiger partial charge in [-0.15, -0.1) is 0 Å². The first-order chi connectivity index (χ1) is 10.3. The van der Waals surface area contributed by atoms with Gasteiger partial charge in [-0.05, 0) is 11.6 Å². The Morgan fingerprint density at radius 3 is 2.57 bits per heavy atom. The van der Waals surface area contributed by atoms with Crippen molar-refractivity contribution in [3.8, 4) is 5.88 Å². The molecule has 0 atom stereocenters. The second kappa shape index (κ2) is 6.49. The Balaban J connectivity index is 1.53. The van der Waals surface area contributed by atoms with Crippen molar-refractivity contribution >= 4 is 5.82 Å². The maximum absolute atomic E-state index is 5.08. The molecule has 1 aliphatic rings. The normalized spacial score (nSPS) is 16.0. The van der Waals surface area contributed by atoms with Crippen molar-refractivity contribution in [2.24, 2.45) is 0 Å². The fourth-order valence-corrected chi connectivity index (χ4v) is 2.49. The third-order valence-corrected chi connectivity index (χ3v) is 3.68. The van der Waals surface area contributed by atoms with Crippen LogP contribution in [0.5, 0.6) is 5.88 Å². The fraction of sp³-hybridized carbons (Fsp3) is 0.400.